The van der Waals surface area contributed by atoms with Crippen molar-refractivity contribution in [2.45, 2.75) is 76.3 Å². The zero-order chi connectivity index (χ0) is 25.0. The average Bonchev–Trinajstić information content (AvgIpc) is 2.70. The van der Waals surface area contributed by atoms with Crippen molar-refractivity contribution in [2.24, 2.45) is 11.1 Å². The minimum atomic E-state index is -2.12. The molecule has 33 heavy (non-hydrogen) atoms. The van der Waals surface area contributed by atoms with E-state index in [0.717, 1.165) is 0 Å². The lowest BCUT2D eigenvalue weighted by atomic mass is 9.77. The van der Waals surface area contributed by atoms with E-state index in [4.69, 9.17) is 10.5 Å². The van der Waals surface area contributed by atoms with Gasteiger partial charge >= 0.3 is 0 Å². The van der Waals surface area contributed by atoms with Crippen LogP contribution in [-0.2, 0) is 20.8 Å². The zero-order valence-electron chi connectivity index (χ0n) is 19.5. The fourth-order valence-electron chi connectivity index (χ4n) is 3.88. The first-order valence-electron chi connectivity index (χ1n) is 10.8. The Bertz CT molecular complexity index is 853. The third kappa shape index (κ3) is 7.41. The molecule has 184 valence electrons. The molecule has 1 saturated carbocycles. The number of ether oxygens (including phenoxy) is 1. The van der Waals surface area contributed by atoms with Gasteiger partial charge in [-0.25, -0.2) is 0 Å². The molecule has 1 aromatic carbocycles. The number of rotatable bonds is 8. The molecule has 0 saturated heterocycles. The van der Waals surface area contributed by atoms with E-state index in [9.17, 15) is 29.7 Å². The van der Waals surface area contributed by atoms with E-state index in [1.54, 1.807) is 24.3 Å². The van der Waals surface area contributed by atoms with Gasteiger partial charge in [-0.1, -0.05) is 32.9 Å². The van der Waals surface area contributed by atoms with E-state index in [0.29, 0.717) is 11.3 Å². The minimum Gasteiger partial charge on any atom is -0.497 e. The highest BCUT2D eigenvalue weighted by Crippen LogP contribution is 2.30. The quantitative estimate of drug-likeness (QED) is 0.297. The summed E-state index contributed by atoms with van der Waals surface area (Å²) in [7, 11) is 1.52. The molecule has 1 aliphatic carbocycles. The maximum Gasteiger partial charge on any atom is 0.252 e. The second-order valence-corrected chi connectivity index (χ2v) is 9.89. The first kappa shape index (κ1) is 26.6. The lowest BCUT2D eigenvalue weighted by Gasteiger charge is -2.42. The van der Waals surface area contributed by atoms with Gasteiger partial charge in [-0.3, -0.25) is 14.4 Å². The van der Waals surface area contributed by atoms with Gasteiger partial charge in [0.1, 0.15) is 23.5 Å². The van der Waals surface area contributed by atoms with Gasteiger partial charge in [-0.15, -0.1) is 0 Å². The number of hydrogen-bond donors (Lipinski definition) is 6. The second kappa shape index (κ2) is 10.5. The maximum absolute atomic E-state index is 12.9. The summed E-state index contributed by atoms with van der Waals surface area (Å²) in [6.07, 6.45) is -3.36. The van der Waals surface area contributed by atoms with Crippen LogP contribution in [0.15, 0.2) is 24.3 Å². The predicted molar refractivity (Wildman–Crippen MR) is 120 cm³/mol. The predicted octanol–water partition coefficient (Wildman–Crippen LogP) is -0.624. The number of nitrogens with one attached hydrogen (secondary N) is 2. The lowest BCUT2D eigenvalue weighted by Crippen LogP contribution is -2.64. The molecule has 0 aromatic heterocycles. The number of methoxy groups -OCH3 is 1. The molecule has 0 radical (unpaired) electrons. The Morgan fingerprint density at radius 2 is 1.79 bits per heavy atom. The van der Waals surface area contributed by atoms with Crippen LogP contribution in [0.4, 0.5) is 0 Å². The molecule has 10 heteroatoms. The third-order valence-corrected chi connectivity index (χ3v) is 5.62. The summed E-state index contributed by atoms with van der Waals surface area (Å²) in [5.74, 6) is -1.46. The molecule has 0 spiro atoms. The monoisotopic (exact) mass is 465 g/mol. The van der Waals surface area contributed by atoms with E-state index >= 15 is 0 Å². The number of aliphatic hydroxyl groups excluding tert-OH is 2. The van der Waals surface area contributed by atoms with Gasteiger partial charge in [0.05, 0.1) is 19.3 Å². The highest BCUT2D eigenvalue weighted by atomic mass is 16.5. The van der Waals surface area contributed by atoms with Crippen LogP contribution in [-0.4, -0.2) is 70.0 Å². The van der Waals surface area contributed by atoms with Crippen LogP contribution < -0.4 is 21.1 Å². The fourth-order valence-corrected chi connectivity index (χ4v) is 3.88. The van der Waals surface area contributed by atoms with Crippen LogP contribution in [0.3, 0.4) is 0 Å². The van der Waals surface area contributed by atoms with Crippen molar-refractivity contribution in [3.63, 3.8) is 0 Å². The molecule has 1 fully saturated rings. The van der Waals surface area contributed by atoms with E-state index in [2.05, 4.69) is 10.6 Å². The lowest BCUT2D eigenvalue weighted by molar-refractivity contribution is -0.160. The summed E-state index contributed by atoms with van der Waals surface area (Å²) in [6, 6.07) is 4.67. The van der Waals surface area contributed by atoms with Gasteiger partial charge in [0.25, 0.3) is 5.91 Å². The van der Waals surface area contributed by atoms with Crippen molar-refractivity contribution in [1.82, 2.24) is 10.6 Å². The van der Waals surface area contributed by atoms with Crippen molar-refractivity contribution in [3.05, 3.63) is 29.8 Å². The van der Waals surface area contributed by atoms with Crippen molar-refractivity contribution in [2.75, 3.05) is 7.11 Å². The van der Waals surface area contributed by atoms with Crippen LogP contribution >= 0.6 is 0 Å². The van der Waals surface area contributed by atoms with E-state index in [-0.39, 0.29) is 30.6 Å². The Hall–Kier alpha value is -2.69. The molecule has 5 unspecified atom stereocenters. The number of carbonyl (C=O) groups excluding carboxylic acids is 3. The van der Waals surface area contributed by atoms with Crippen molar-refractivity contribution in [1.29, 1.82) is 0 Å². The smallest absolute Gasteiger partial charge is 0.252 e. The molecule has 5 atom stereocenters. The molecular weight excluding hydrogens is 430 g/mol. The van der Waals surface area contributed by atoms with Crippen molar-refractivity contribution < 1.29 is 34.4 Å². The zero-order valence-corrected chi connectivity index (χ0v) is 19.5. The van der Waals surface area contributed by atoms with Crippen LogP contribution in [0.5, 0.6) is 5.75 Å². The Labute approximate surface area is 193 Å². The van der Waals surface area contributed by atoms with Gasteiger partial charge in [-0.2, -0.15) is 0 Å². The van der Waals surface area contributed by atoms with Gasteiger partial charge < -0.3 is 36.4 Å². The fraction of sp³-hybridized carbons (Fsp3) is 0.609. The standard InChI is InChI=1S/C23H35N3O7/c1-22(2,3)12-18(28)25-16-10-23(32,11-17(27)19(16)29)21(31)26-15(20(24)30)9-13-5-7-14(33-4)8-6-13/h5-8,15-17,19,27,29,32H,9-12H2,1-4H3,(H2,24,30)(H,25,28)(H,26,31). The summed E-state index contributed by atoms with van der Waals surface area (Å²) >= 11 is 0. The maximum atomic E-state index is 12.9. The molecule has 2 rings (SSSR count). The van der Waals surface area contributed by atoms with Gasteiger partial charge in [0.2, 0.25) is 11.8 Å². The number of carbonyl (C=O) groups is 3. The molecule has 0 heterocycles. The highest BCUT2D eigenvalue weighted by Gasteiger charge is 2.49. The van der Waals surface area contributed by atoms with Gasteiger partial charge in [0, 0.05) is 25.7 Å². The molecule has 10 nitrogen and oxygen atoms in total. The Kier molecular flexibility index (Phi) is 8.45. The minimum absolute atomic E-state index is 0.0814. The number of benzene rings is 1. The Balaban J connectivity index is 2.12. The molecule has 1 aliphatic rings. The number of primary amides is 1. The summed E-state index contributed by atoms with van der Waals surface area (Å²) < 4.78 is 5.09. The molecule has 3 amide bonds. The average molecular weight is 466 g/mol. The molecule has 7 N–H and O–H groups in total. The third-order valence-electron chi connectivity index (χ3n) is 5.62. The van der Waals surface area contributed by atoms with Crippen LogP contribution in [0, 0.1) is 5.41 Å². The summed E-state index contributed by atoms with van der Waals surface area (Å²) in [5.41, 5.74) is 3.73. The Morgan fingerprint density at radius 3 is 2.30 bits per heavy atom. The molecular formula is C23H35N3O7. The van der Waals surface area contributed by atoms with Crippen LogP contribution in [0.1, 0.15) is 45.6 Å². The van der Waals surface area contributed by atoms with Crippen LogP contribution in [0.25, 0.3) is 0 Å². The SMILES string of the molecule is COc1ccc(CC(NC(=O)C2(O)CC(O)C(O)C(NC(=O)CC(C)(C)C)C2)C(N)=O)cc1. The number of amides is 3. The second-order valence-electron chi connectivity index (χ2n) is 9.89. The normalized spacial score (nSPS) is 26.2. The molecule has 0 bridgehead atoms. The number of nitrogens with two attached hydrogens (primary N) is 1. The first-order valence-corrected chi connectivity index (χ1v) is 10.8. The van der Waals surface area contributed by atoms with Crippen LogP contribution in [0.2, 0.25) is 0 Å². The topological polar surface area (TPSA) is 171 Å². The van der Waals surface area contributed by atoms with E-state index in [1.807, 2.05) is 20.8 Å². The van der Waals surface area contributed by atoms with Crippen molar-refractivity contribution in [3.8, 4) is 5.75 Å². The van der Waals surface area contributed by atoms with Gasteiger partial charge in [0.15, 0.2) is 0 Å². The summed E-state index contributed by atoms with van der Waals surface area (Å²) in [6.45, 7) is 5.61. The largest absolute Gasteiger partial charge is 0.497 e. The van der Waals surface area contributed by atoms with E-state index in [1.165, 1.54) is 7.11 Å². The number of hydrogen-bond acceptors (Lipinski definition) is 7. The highest BCUT2D eigenvalue weighted by molar-refractivity contribution is 5.91. The summed E-state index contributed by atoms with van der Waals surface area (Å²) in [4.78, 5) is 37.2. The summed E-state index contributed by atoms with van der Waals surface area (Å²) in [5, 5.41) is 36.6. The Morgan fingerprint density at radius 1 is 1.18 bits per heavy atom. The van der Waals surface area contributed by atoms with Gasteiger partial charge in [-0.05, 0) is 23.1 Å². The van der Waals surface area contributed by atoms with E-state index < -0.39 is 48.1 Å². The number of aliphatic hydroxyl groups is 3. The molecule has 1 aromatic rings. The first-order chi connectivity index (χ1) is 15.2. The molecule has 0 aliphatic heterocycles. The van der Waals surface area contributed by atoms with Crippen molar-refractivity contribution >= 4 is 17.7 Å².